The fourth-order valence-corrected chi connectivity index (χ4v) is 1.49. The summed E-state index contributed by atoms with van der Waals surface area (Å²) in [7, 11) is 1.47. The first-order chi connectivity index (χ1) is 7.72. The Labute approximate surface area is 94.3 Å². The SMILES string of the molecule is COc1ccc(C(CC#N)CC#N)cc1O. The highest BCUT2D eigenvalue weighted by Gasteiger charge is 2.13. The lowest BCUT2D eigenvalue weighted by atomic mass is 9.93. The topological polar surface area (TPSA) is 77.0 Å². The quantitative estimate of drug-likeness (QED) is 0.837. The van der Waals surface area contributed by atoms with E-state index >= 15 is 0 Å². The van der Waals surface area contributed by atoms with Crippen LogP contribution in [0.4, 0.5) is 0 Å². The second kappa shape index (κ2) is 5.63. The van der Waals surface area contributed by atoms with Crippen molar-refractivity contribution in [3.05, 3.63) is 23.8 Å². The van der Waals surface area contributed by atoms with Gasteiger partial charge in [-0.2, -0.15) is 10.5 Å². The predicted molar refractivity (Wildman–Crippen MR) is 57.9 cm³/mol. The molecule has 0 fully saturated rings. The summed E-state index contributed by atoms with van der Waals surface area (Å²) in [5, 5.41) is 26.9. The van der Waals surface area contributed by atoms with E-state index in [4.69, 9.17) is 15.3 Å². The van der Waals surface area contributed by atoms with Gasteiger partial charge in [-0.1, -0.05) is 6.07 Å². The van der Waals surface area contributed by atoms with Crippen LogP contribution in [-0.4, -0.2) is 12.2 Å². The van der Waals surface area contributed by atoms with E-state index in [1.807, 2.05) is 12.1 Å². The summed E-state index contributed by atoms with van der Waals surface area (Å²) in [5.74, 6) is 0.254. The van der Waals surface area contributed by atoms with Crippen molar-refractivity contribution >= 4 is 0 Å². The number of nitriles is 2. The Morgan fingerprint density at radius 1 is 1.31 bits per heavy atom. The third-order valence-corrected chi connectivity index (χ3v) is 2.35. The number of phenolic OH excluding ortho intramolecular Hbond substituents is 1. The minimum Gasteiger partial charge on any atom is -0.504 e. The molecule has 0 aliphatic rings. The van der Waals surface area contributed by atoms with E-state index in [1.54, 1.807) is 12.1 Å². The van der Waals surface area contributed by atoms with Crippen LogP contribution in [0.25, 0.3) is 0 Å². The Balaban J connectivity index is 2.98. The van der Waals surface area contributed by atoms with Crippen molar-refractivity contribution < 1.29 is 9.84 Å². The highest BCUT2D eigenvalue weighted by Crippen LogP contribution is 2.31. The number of rotatable bonds is 4. The molecular weight excluding hydrogens is 204 g/mol. The molecule has 0 aromatic heterocycles. The number of benzene rings is 1. The van der Waals surface area contributed by atoms with Crippen molar-refractivity contribution in [3.63, 3.8) is 0 Å². The van der Waals surface area contributed by atoms with Gasteiger partial charge in [0.05, 0.1) is 19.2 Å². The lowest BCUT2D eigenvalue weighted by molar-refractivity contribution is 0.372. The maximum Gasteiger partial charge on any atom is 0.160 e. The molecule has 1 rings (SSSR count). The summed E-state index contributed by atoms with van der Waals surface area (Å²) in [4.78, 5) is 0. The van der Waals surface area contributed by atoms with Crippen molar-refractivity contribution in [3.8, 4) is 23.6 Å². The zero-order valence-electron chi connectivity index (χ0n) is 8.97. The third-order valence-electron chi connectivity index (χ3n) is 2.35. The molecule has 0 saturated carbocycles. The average molecular weight is 216 g/mol. The van der Waals surface area contributed by atoms with Crippen molar-refractivity contribution in [1.29, 1.82) is 10.5 Å². The largest absolute Gasteiger partial charge is 0.504 e. The van der Waals surface area contributed by atoms with Crippen LogP contribution in [0, 0.1) is 22.7 Å². The van der Waals surface area contributed by atoms with Crippen LogP contribution in [-0.2, 0) is 0 Å². The molecule has 4 heteroatoms. The molecule has 0 atom stereocenters. The average Bonchev–Trinajstić information content (AvgIpc) is 2.28. The van der Waals surface area contributed by atoms with Gasteiger partial charge in [-0.25, -0.2) is 0 Å². The number of hydrogen-bond acceptors (Lipinski definition) is 4. The Morgan fingerprint density at radius 3 is 2.38 bits per heavy atom. The summed E-state index contributed by atoms with van der Waals surface area (Å²) in [6, 6.07) is 9.00. The van der Waals surface area contributed by atoms with Gasteiger partial charge in [0.15, 0.2) is 11.5 Å². The van der Waals surface area contributed by atoms with Gasteiger partial charge in [0, 0.05) is 18.8 Å². The van der Waals surface area contributed by atoms with E-state index in [-0.39, 0.29) is 24.5 Å². The van der Waals surface area contributed by atoms with Gasteiger partial charge >= 0.3 is 0 Å². The van der Waals surface area contributed by atoms with Crippen LogP contribution in [0.1, 0.15) is 24.3 Å². The molecule has 0 unspecified atom stereocenters. The summed E-state index contributed by atoms with van der Waals surface area (Å²) in [5.41, 5.74) is 0.779. The van der Waals surface area contributed by atoms with Crippen molar-refractivity contribution in [2.75, 3.05) is 7.11 Å². The number of methoxy groups -OCH3 is 1. The lowest BCUT2D eigenvalue weighted by Crippen LogP contribution is -1.97. The molecular formula is C12H12N2O2. The molecule has 0 aliphatic carbocycles. The molecule has 0 spiro atoms. The summed E-state index contributed by atoms with van der Waals surface area (Å²) >= 11 is 0. The fraction of sp³-hybridized carbons (Fsp3) is 0.333. The van der Waals surface area contributed by atoms with Crippen molar-refractivity contribution in [2.24, 2.45) is 0 Å². The first-order valence-electron chi connectivity index (χ1n) is 4.83. The Bertz CT molecular complexity index is 427. The second-order valence-corrected chi connectivity index (χ2v) is 3.35. The molecule has 0 bridgehead atoms. The van der Waals surface area contributed by atoms with Crippen LogP contribution in [0.15, 0.2) is 18.2 Å². The molecule has 0 radical (unpaired) electrons. The smallest absolute Gasteiger partial charge is 0.160 e. The molecule has 0 heterocycles. The second-order valence-electron chi connectivity index (χ2n) is 3.35. The Kier molecular flexibility index (Phi) is 4.17. The van der Waals surface area contributed by atoms with Crippen LogP contribution in [0.3, 0.4) is 0 Å². The van der Waals surface area contributed by atoms with Gasteiger partial charge in [-0.15, -0.1) is 0 Å². The Hall–Kier alpha value is -2.20. The molecule has 0 saturated heterocycles. The highest BCUT2D eigenvalue weighted by molar-refractivity contribution is 5.43. The molecule has 82 valence electrons. The van der Waals surface area contributed by atoms with Gasteiger partial charge in [0.2, 0.25) is 0 Å². The number of aromatic hydroxyl groups is 1. The summed E-state index contributed by atoms with van der Waals surface area (Å²) in [6.45, 7) is 0. The van der Waals surface area contributed by atoms with Crippen LogP contribution >= 0.6 is 0 Å². The van der Waals surface area contributed by atoms with Gasteiger partial charge in [-0.3, -0.25) is 0 Å². The normalized spacial score (nSPS) is 9.50. The predicted octanol–water partition coefficient (Wildman–Crippen LogP) is 2.31. The minimum absolute atomic E-state index is 0.0286. The molecule has 0 aliphatic heterocycles. The number of phenols is 1. The van der Waals surface area contributed by atoms with E-state index in [0.29, 0.717) is 5.75 Å². The molecule has 0 amide bonds. The number of ether oxygens (including phenoxy) is 1. The van der Waals surface area contributed by atoms with Gasteiger partial charge in [0.1, 0.15) is 0 Å². The van der Waals surface area contributed by atoms with E-state index in [9.17, 15) is 5.11 Å². The van der Waals surface area contributed by atoms with E-state index in [1.165, 1.54) is 13.2 Å². The van der Waals surface area contributed by atoms with Gasteiger partial charge in [-0.05, 0) is 17.7 Å². The zero-order valence-corrected chi connectivity index (χ0v) is 8.97. The minimum atomic E-state index is -0.160. The van der Waals surface area contributed by atoms with Crippen molar-refractivity contribution in [1.82, 2.24) is 0 Å². The standard InChI is InChI=1S/C12H12N2O2/c1-16-12-3-2-10(8-11(12)15)9(4-6-13)5-7-14/h2-3,8-9,15H,4-5H2,1H3. The summed E-state index contributed by atoms with van der Waals surface area (Å²) < 4.78 is 4.92. The summed E-state index contributed by atoms with van der Waals surface area (Å²) in [6.07, 6.45) is 0.526. The molecule has 16 heavy (non-hydrogen) atoms. The molecule has 1 aromatic rings. The number of nitrogens with zero attached hydrogens (tertiary/aromatic N) is 2. The Morgan fingerprint density at radius 2 is 1.94 bits per heavy atom. The monoisotopic (exact) mass is 216 g/mol. The molecule has 4 nitrogen and oxygen atoms in total. The first-order valence-corrected chi connectivity index (χ1v) is 4.83. The van der Waals surface area contributed by atoms with E-state index < -0.39 is 0 Å². The third kappa shape index (κ3) is 2.65. The van der Waals surface area contributed by atoms with Crippen molar-refractivity contribution in [2.45, 2.75) is 18.8 Å². The van der Waals surface area contributed by atoms with Crippen LogP contribution in [0.2, 0.25) is 0 Å². The maximum absolute atomic E-state index is 9.59. The first kappa shape index (κ1) is 11.9. The van der Waals surface area contributed by atoms with E-state index in [0.717, 1.165) is 5.56 Å². The van der Waals surface area contributed by atoms with Gasteiger partial charge in [0.25, 0.3) is 0 Å². The fourth-order valence-electron chi connectivity index (χ4n) is 1.49. The van der Waals surface area contributed by atoms with Gasteiger partial charge < -0.3 is 9.84 Å². The maximum atomic E-state index is 9.59. The molecule has 1 aromatic carbocycles. The van der Waals surface area contributed by atoms with Crippen LogP contribution in [0.5, 0.6) is 11.5 Å². The molecule has 1 N–H and O–H groups in total. The highest BCUT2D eigenvalue weighted by atomic mass is 16.5. The lowest BCUT2D eigenvalue weighted by Gasteiger charge is -2.11. The zero-order chi connectivity index (χ0) is 12.0. The number of hydrogen-bond donors (Lipinski definition) is 1. The van der Waals surface area contributed by atoms with E-state index in [2.05, 4.69) is 0 Å². The van der Waals surface area contributed by atoms with Crippen LogP contribution < -0.4 is 4.74 Å².